The standard InChI is InChI=1S/C14H27N3O2/c1-2-5-16-14(18)13-11-19-9-8-17(13)10-12-3-6-15-7-4-12/h12-13,15H,2-11H2,1H3,(H,16,18). The maximum Gasteiger partial charge on any atom is 0.239 e. The van der Waals surface area contributed by atoms with Gasteiger partial charge in [-0.25, -0.2) is 0 Å². The van der Waals surface area contributed by atoms with E-state index in [0.717, 1.165) is 51.7 Å². The van der Waals surface area contributed by atoms with Gasteiger partial charge in [0, 0.05) is 19.6 Å². The molecular formula is C14H27N3O2. The molecule has 5 nitrogen and oxygen atoms in total. The van der Waals surface area contributed by atoms with E-state index in [1.807, 2.05) is 0 Å². The van der Waals surface area contributed by atoms with E-state index >= 15 is 0 Å². The van der Waals surface area contributed by atoms with Gasteiger partial charge in [0.2, 0.25) is 5.91 Å². The number of amides is 1. The predicted octanol–water partition coefficient (Wildman–Crippen LogP) is 0.213. The molecule has 2 N–H and O–H groups in total. The highest BCUT2D eigenvalue weighted by Gasteiger charge is 2.30. The van der Waals surface area contributed by atoms with E-state index in [1.54, 1.807) is 0 Å². The summed E-state index contributed by atoms with van der Waals surface area (Å²) in [4.78, 5) is 14.5. The van der Waals surface area contributed by atoms with Crippen molar-refractivity contribution < 1.29 is 9.53 Å². The van der Waals surface area contributed by atoms with Crippen LogP contribution in [0.15, 0.2) is 0 Å². The molecule has 0 aromatic rings. The zero-order valence-corrected chi connectivity index (χ0v) is 12.0. The Bertz CT molecular complexity index is 280. The van der Waals surface area contributed by atoms with Gasteiger partial charge in [0.05, 0.1) is 13.2 Å². The highest BCUT2D eigenvalue weighted by molar-refractivity contribution is 5.82. The van der Waals surface area contributed by atoms with E-state index in [0.29, 0.717) is 6.61 Å². The summed E-state index contributed by atoms with van der Waals surface area (Å²) in [6, 6.07) is -0.0878. The Morgan fingerprint density at radius 2 is 2.21 bits per heavy atom. The van der Waals surface area contributed by atoms with Crippen LogP contribution < -0.4 is 10.6 Å². The normalized spacial score (nSPS) is 26.3. The molecule has 0 aromatic carbocycles. The van der Waals surface area contributed by atoms with Crippen LogP contribution in [0.1, 0.15) is 26.2 Å². The van der Waals surface area contributed by atoms with Crippen LogP contribution in [0, 0.1) is 5.92 Å². The quantitative estimate of drug-likeness (QED) is 0.749. The van der Waals surface area contributed by atoms with Crippen molar-refractivity contribution in [3.63, 3.8) is 0 Å². The van der Waals surface area contributed by atoms with Gasteiger partial charge in [0.25, 0.3) is 0 Å². The van der Waals surface area contributed by atoms with Gasteiger partial charge in [-0.05, 0) is 38.3 Å². The highest BCUT2D eigenvalue weighted by Crippen LogP contribution is 2.17. The summed E-state index contributed by atoms with van der Waals surface area (Å²) >= 11 is 0. The van der Waals surface area contributed by atoms with Crippen LogP contribution in [0.3, 0.4) is 0 Å². The summed E-state index contributed by atoms with van der Waals surface area (Å²) in [6.45, 7) is 8.27. The molecule has 0 bridgehead atoms. The van der Waals surface area contributed by atoms with E-state index in [4.69, 9.17) is 4.74 Å². The van der Waals surface area contributed by atoms with Crippen LogP contribution in [-0.2, 0) is 9.53 Å². The van der Waals surface area contributed by atoms with Gasteiger partial charge in [-0.3, -0.25) is 9.69 Å². The number of hydrogen-bond acceptors (Lipinski definition) is 4. The second kappa shape index (κ2) is 7.82. The minimum atomic E-state index is -0.0878. The van der Waals surface area contributed by atoms with Crippen molar-refractivity contribution in [3.8, 4) is 0 Å². The van der Waals surface area contributed by atoms with Crippen molar-refractivity contribution in [1.29, 1.82) is 0 Å². The first-order valence-corrected chi connectivity index (χ1v) is 7.61. The van der Waals surface area contributed by atoms with Gasteiger partial charge in [-0.1, -0.05) is 6.92 Å². The van der Waals surface area contributed by atoms with Crippen molar-refractivity contribution in [3.05, 3.63) is 0 Å². The Morgan fingerprint density at radius 1 is 1.42 bits per heavy atom. The smallest absolute Gasteiger partial charge is 0.239 e. The number of piperidine rings is 1. The summed E-state index contributed by atoms with van der Waals surface area (Å²) in [7, 11) is 0. The second-order valence-electron chi connectivity index (χ2n) is 5.57. The number of morpholine rings is 1. The molecule has 2 aliphatic heterocycles. The molecule has 5 heteroatoms. The summed E-state index contributed by atoms with van der Waals surface area (Å²) in [5.41, 5.74) is 0. The fourth-order valence-electron chi connectivity index (χ4n) is 2.86. The lowest BCUT2D eigenvalue weighted by Gasteiger charge is -2.37. The molecule has 0 saturated carbocycles. The summed E-state index contributed by atoms with van der Waals surface area (Å²) in [5, 5.41) is 6.39. The minimum Gasteiger partial charge on any atom is -0.378 e. The molecule has 2 heterocycles. The van der Waals surface area contributed by atoms with Crippen LogP contribution in [0.5, 0.6) is 0 Å². The SMILES string of the molecule is CCCNC(=O)C1COCCN1CC1CCNCC1. The molecule has 110 valence electrons. The van der Waals surface area contributed by atoms with E-state index in [2.05, 4.69) is 22.5 Å². The molecule has 0 aromatic heterocycles. The largest absolute Gasteiger partial charge is 0.378 e. The number of ether oxygens (including phenoxy) is 1. The number of hydrogen-bond donors (Lipinski definition) is 2. The molecule has 2 aliphatic rings. The Kier molecular flexibility index (Phi) is 6.07. The third-order valence-corrected chi connectivity index (χ3v) is 4.04. The average Bonchev–Trinajstić information content (AvgIpc) is 2.46. The van der Waals surface area contributed by atoms with Gasteiger partial charge in [0.1, 0.15) is 6.04 Å². The lowest BCUT2D eigenvalue weighted by molar-refractivity contribution is -0.133. The maximum atomic E-state index is 12.2. The van der Waals surface area contributed by atoms with Crippen LogP contribution >= 0.6 is 0 Å². The molecule has 1 unspecified atom stereocenters. The number of carbonyl (C=O) groups is 1. The molecule has 1 amide bonds. The van der Waals surface area contributed by atoms with Gasteiger partial charge >= 0.3 is 0 Å². The highest BCUT2D eigenvalue weighted by atomic mass is 16.5. The first kappa shape index (κ1) is 14.8. The number of nitrogens with zero attached hydrogens (tertiary/aromatic N) is 1. The van der Waals surface area contributed by atoms with Gasteiger partial charge in [-0.15, -0.1) is 0 Å². The first-order chi connectivity index (χ1) is 9.31. The second-order valence-corrected chi connectivity index (χ2v) is 5.57. The zero-order chi connectivity index (χ0) is 13.5. The van der Waals surface area contributed by atoms with Crippen LogP contribution in [0.2, 0.25) is 0 Å². The van der Waals surface area contributed by atoms with E-state index in [1.165, 1.54) is 12.8 Å². The molecule has 19 heavy (non-hydrogen) atoms. The van der Waals surface area contributed by atoms with Gasteiger partial charge in [-0.2, -0.15) is 0 Å². The Labute approximate surface area is 116 Å². The molecule has 0 aliphatic carbocycles. The van der Waals surface area contributed by atoms with E-state index < -0.39 is 0 Å². The lowest BCUT2D eigenvalue weighted by atomic mass is 9.96. The summed E-state index contributed by atoms with van der Waals surface area (Å²) in [5.74, 6) is 0.858. The maximum absolute atomic E-state index is 12.2. The minimum absolute atomic E-state index is 0.0878. The van der Waals surface area contributed by atoms with Crippen molar-refractivity contribution in [2.45, 2.75) is 32.2 Å². The number of nitrogens with one attached hydrogen (secondary N) is 2. The van der Waals surface area contributed by atoms with Crippen LogP contribution in [0.4, 0.5) is 0 Å². The Hall–Kier alpha value is -0.650. The fourth-order valence-corrected chi connectivity index (χ4v) is 2.86. The number of rotatable bonds is 5. The van der Waals surface area contributed by atoms with Crippen molar-refractivity contribution in [2.75, 3.05) is 45.9 Å². The summed E-state index contributed by atoms with van der Waals surface area (Å²) in [6.07, 6.45) is 3.43. The van der Waals surface area contributed by atoms with E-state index in [-0.39, 0.29) is 11.9 Å². The molecule has 2 rings (SSSR count). The monoisotopic (exact) mass is 269 g/mol. The molecule has 0 spiro atoms. The fraction of sp³-hybridized carbons (Fsp3) is 0.929. The molecular weight excluding hydrogens is 242 g/mol. The van der Waals surface area contributed by atoms with Gasteiger partial charge < -0.3 is 15.4 Å². The van der Waals surface area contributed by atoms with Crippen LogP contribution in [-0.4, -0.2) is 62.8 Å². The molecule has 0 radical (unpaired) electrons. The molecule has 2 saturated heterocycles. The first-order valence-electron chi connectivity index (χ1n) is 7.61. The van der Waals surface area contributed by atoms with Crippen LogP contribution in [0.25, 0.3) is 0 Å². The average molecular weight is 269 g/mol. The molecule has 2 fully saturated rings. The van der Waals surface area contributed by atoms with E-state index in [9.17, 15) is 4.79 Å². The summed E-state index contributed by atoms with van der Waals surface area (Å²) < 4.78 is 5.49. The third kappa shape index (κ3) is 4.44. The molecule has 1 atom stereocenters. The third-order valence-electron chi connectivity index (χ3n) is 4.04. The Balaban J connectivity index is 1.85. The lowest BCUT2D eigenvalue weighted by Crippen LogP contribution is -2.55. The van der Waals surface area contributed by atoms with Crippen molar-refractivity contribution in [1.82, 2.24) is 15.5 Å². The van der Waals surface area contributed by atoms with Crippen molar-refractivity contribution in [2.24, 2.45) is 5.92 Å². The topological polar surface area (TPSA) is 53.6 Å². The van der Waals surface area contributed by atoms with Gasteiger partial charge in [0.15, 0.2) is 0 Å². The number of carbonyl (C=O) groups excluding carboxylic acids is 1. The Morgan fingerprint density at radius 3 is 2.95 bits per heavy atom. The predicted molar refractivity (Wildman–Crippen MR) is 75.1 cm³/mol. The zero-order valence-electron chi connectivity index (χ0n) is 12.0. The van der Waals surface area contributed by atoms with Crippen molar-refractivity contribution >= 4 is 5.91 Å².